The van der Waals surface area contributed by atoms with Gasteiger partial charge in [0, 0.05) is 31.9 Å². The van der Waals surface area contributed by atoms with Crippen molar-refractivity contribution in [2.75, 3.05) is 45.2 Å². The summed E-state index contributed by atoms with van der Waals surface area (Å²) >= 11 is 5.71. The van der Waals surface area contributed by atoms with Crippen LogP contribution in [0, 0.1) is 5.82 Å². The molecule has 2 aromatic rings. The Hall–Kier alpha value is -2.20. The molecule has 0 aliphatic carbocycles. The Balaban J connectivity index is 1.54. The van der Waals surface area contributed by atoms with E-state index < -0.39 is 15.8 Å². The van der Waals surface area contributed by atoms with Gasteiger partial charge in [0.25, 0.3) is 0 Å². The highest BCUT2D eigenvalue weighted by molar-refractivity contribution is 7.89. The van der Waals surface area contributed by atoms with Crippen LogP contribution in [0.1, 0.15) is 0 Å². The molecule has 0 unspecified atom stereocenters. The molecule has 10 heteroatoms. The van der Waals surface area contributed by atoms with Gasteiger partial charge in [-0.1, -0.05) is 11.6 Å². The smallest absolute Gasteiger partial charge is 0.243 e. The van der Waals surface area contributed by atoms with Gasteiger partial charge in [-0.25, -0.2) is 12.8 Å². The molecule has 0 bridgehead atoms. The molecular formula is C19H21ClFN3O4S. The van der Waals surface area contributed by atoms with Crippen molar-refractivity contribution in [2.45, 2.75) is 4.90 Å². The van der Waals surface area contributed by atoms with Crippen LogP contribution >= 0.6 is 11.6 Å². The zero-order chi connectivity index (χ0) is 21.0. The molecule has 29 heavy (non-hydrogen) atoms. The van der Waals surface area contributed by atoms with Crippen LogP contribution < -0.4 is 10.1 Å². The highest BCUT2D eigenvalue weighted by atomic mass is 35.5. The van der Waals surface area contributed by atoms with Gasteiger partial charge in [0.05, 0.1) is 23.6 Å². The highest BCUT2D eigenvalue weighted by Gasteiger charge is 2.29. The Morgan fingerprint density at radius 1 is 1.14 bits per heavy atom. The Labute approximate surface area is 174 Å². The molecule has 1 aliphatic rings. The van der Waals surface area contributed by atoms with Gasteiger partial charge >= 0.3 is 0 Å². The van der Waals surface area contributed by atoms with E-state index in [9.17, 15) is 17.6 Å². The molecule has 0 radical (unpaired) electrons. The summed E-state index contributed by atoms with van der Waals surface area (Å²) < 4.78 is 45.2. The fourth-order valence-corrected chi connectivity index (χ4v) is 4.60. The summed E-state index contributed by atoms with van der Waals surface area (Å²) in [6.45, 7) is 1.51. The SMILES string of the molecule is COc1ccc(S(=O)(=O)N2CCN(CC(=O)Nc3ccc(F)c(Cl)c3)CC2)cc1. The van der Waals surface area contributed by atoms with Gasteiger partial charge < -0.3 is 10.1 Å². The van der Waals surface area contributed by atoms with Crippen molar-refractivity contribution < 1.29 is 22.3 Å². The summed E-state index contributed by atoms with van der Waals surface area (Å²) in [5, 5.41) is 2.59. The number of hydrogen-bond acceptors (Lipinski definition) is 5. The topological polar surface area (TPSA) is 79.0 Å². The van der Waals surface area contributed by atoms with Gasteiger partial charge in [0.2, 0.25) is 15.9 Å². The molecule has 0 aromatic heterocycles. The Morgan fingerprint density at radius 2 is 1.79 bits per heavy atom. The van der Waals surface area contributed by atoms with E-state index in [1.165, 1.54) is 41.7 Å². The summed E-state index contributed by atoms with van der Waals surface area (Å²) in [7, 11) is -2.08. The van der Waals surface area contributed by atoms with Crippen LogP contribution in [0.2, 0.25) is 5.02 Å². The Kier molecular flexibility index (Phi) is 6.74. The van der Waals surface area contributed by atoms with E-state index >= 15 is 0 Å². The predicted molar refractivity (Wildman–Crippen MR) is 108 cm³/mol. The molecule has 3 rings (SSSR count). The molecule has 0 saturated carbocycles. The zero-order valence-electron chi connectivity index (χ0n) is 15.8. The van der Waals surface area contributed by atoms with E-state index in [0.717, 1.165) is 0 Å². The third kappa shape index (κ3) is 5.24. The Bertz CT molecular complexity index is 977. The average molecular weight is 442 g/mol. The van der Waals surface area contributed by atoms with E-state index in [4.69, 9.17) is 16.3 Å². The van der Waals surface area contributed by atoms with Crippen molar-refractivity contribution >= 4 is 33.2 Å². The quantitative estimate of drug-likeness (QED) is 0.744. The maximum atomic E-state index is 13.2. The van der Waals surface area contributed by atoms with Crippen molar-refractivity contribution in [2.24, 2.45) is 0 Å². The molecule has 156 valence electrons. The second-order valence-electron chi connectivity index (χ2n) is 6.53. The van der Waals surface area contributed by atoms with Crippen LogP contribution in [0.15, 0.2) is 47.4 Å². The normalized spacial score (nSPS) is 15.8. The Morgan fingerprint density at radius 3 is 2.38 bits per heavy atom. The number of hydrogen-bond donors (Lipinski definition) is 1. The summed E-state index contributed by atoms with van der Waals surface area (Å²) in [5.41, 5.74) is 0.405. The van der Waals surface area contributed by atoms with Crippen molar-refractivity contribution in [1.29, 1.82) is 0 Å². The van der Waals surface area contributed by atoms with Gasteiger partial charge in [-0.2, -0.15) is 4.31 Å². The number of anilines is 1. The lowest BCUT2D eigenvalue weighted by atomic mass is 10.3. The predicted octanol–water partition coefficient (Wildman–Crippen LogP) is 2.43. The summed E-state index contributed by atoms with van der Waals surface area (Å²) in [5.74, 6) is -0.250. The number of amides is 1. The first kappa shape index (κ1) is 21.5. The van der Waals surface area contributed by atoms with Crippen LogP contribution in [0.4, 0.5) is 10.1 Å². The second kappa shape index (κ2) is 9.08. The van der Waals surface area contributed by atoms with Crippen molar-refractivity contribution in [3.8, 4) is 5.75 Å². The van der Waals surface area contributed by atoms with Gasteiger partial charge in [-0.3, -0.25) is 9.69 Å². The fraction of sp³-hybridized carbons (Fsp3) is 0.316. The first-order chi connectivity index (χ1) is 13.8. The number of methoxy groups -OCH3 is 1. The molecule has 7 nitrogen and oxygen atoms in total. The van der Waals surface area contributed by atoms with Crippen molar-refractivity contribution in [3.63, 3.8) is 0 Å². The number of nitrogens with zero attached hydrogens (tertiary/aromatic N) is 2. The molecular weight excluding hydrogens is 421 g/mol. The first-order valence-electron chi connectivity index (χ1n) is 8.91. The van der Waals surface area contributed by atoms with Crippen LogP contribution in [-0.2, 0) is 14.8 Å². The van der Waals surface area contributed by atoms with E-state index in [1.807, 2.05) is 4.90 Å². The van der Waals surface area contributed by atoms with Crippen LogP contribution in [-0.4, -0.2) is 63.4 Å². The molecule has 1 heterocycles. The monoisotopic (exact) mass is 441 g/mol. The van der Waals surface area contributed by atoms with Crippen LogP contribution in [0.25, 0.3) is 0 Å². The molecule has 1 saturated heterocycles. The number of piperazine rings is 1. The minimum atomic E-state index is -3.60. The van der Waals surface area contributed by atoms with E-state index in [2.05, 4.69) is 5.32 Å². The van der Waals surface area contributed by atoms with E-state index in [0.29, 0.717) is 24.5 Å². The molecule has 1 fully saturated rings. The zero-order valence-corrected chi connectivity index (χ0v) is 17.3. The fourth-order valence-electron chi connectivity index (χ4n) is 3.00. The standard InChI is InChI=1S/C19H21ClFN3O4S/c1-28-15-3-5-16(6-4-15)29(26,27)24-10-8-23(9-11-24)13-19(25)22-14-2-7-18(21)17(20)12-14/h2-7,12H,8-11,13H2,1H3,(H,22,25). The van der Waals surface area contributed by atoms with Crippen molar-refractivity contribution in [3.05, 3.63) is 53.3 Å². The molecule has 1 N–H and O–H groups in total. The van der Waals surface area contributed by atoms with Crippen LogP contribution in [0.3, 0.4) is 0 Å². The number of carbonyl (C=O) groups excluding carboxylic acids is 1. The molecule has 0 spiro atoms. The van der Waals surface area contributed by atoms with Gasteiger partial charge in [0.1, 0.15) is 11.6 Å². The molecule has 0 atom stereocenters. The number of rotatable bonds is 6. The molecule has 1 aliphatic heterocycles. The van der Waals surface area contributed by atoms with Crippen molar-refractivity contribution in [1.82, 2.24) is 9.21 Å². The first-order valence-corrected chi connectivity index (χ1v) is 10.7. The second-order valence-corrected chi connectivity index (χ2v) is 8.88. The molecule has 2 aromatic carbocycles. The minimum Gasteiger partial charge on any atom is -0.497 e. The minimum absolute atomic E-state index is 0.0693. The van der Waals surface area contributed by atoms with Gasteiger partial charge in [0.15, 0.2) is 0 Å². The number of nitrogens with one attached hydrogen (secondary N) is 1. The summed E-state index contributed by atoms with van der Waals surface area (Å²) in [4.78, 5) is 14.3. The lowest BCUT2D eigenvalue weighted by molar-refractivity contribution is -0.117. The van der Waals surface area contributed by atoms with E-state index in [-0.39, 0.29) is 35.5 Å². The average Bonchev–Trinajstić information content (AvgIpc) is 2.71. The summed E-state index contributed by atoms with van der Waals surface area (Å²) in [6.07, 6.45) is 0. The number of halogens is 2. The maximum absolute atomic E-state index is 13.2. The maximum Gasteiger partial charge on any atom is 0.243 e. The number of benzene rings is 2. The van der Waals surface area contributed by atoms with Gasteiger partial charge in [-0.05, 0) is 42.5 Å². The lowest BCUT2D eigenvalue weighted by Crippen LogP contribution is -2.50. The third-order valence-corrected chi connectivity index (χ3v) is 6.80. The molecule has 1 amide bonds. The number of sulfonamides is 1. The lowest BCUT2D eigenvalue weighted by Gasteiger charge is -2.33. The third-order valence-electron chi connectivity index (χ3n) is 4.60. The summed E-state index contributed by atoms with van der Waals surface area (Å²) in [6, 6.07) is 10.2. The highest BCUT2D eigenvalue weighted by Crippen LogP contribution is 2.21. The number of carbonyl (C=O) groups is 1. The van der Waals surface area contributed by atoms with E-state index in [1.54, 1.807) is 12.1 Å². The van der Waals surface area contributed by atoms with Crippen LogP contribution in [0.5, 0.6) is 5.75 Å². The van der Waals surface area contributed by atoms with Gasteiger partial charge in [-0.15, -0.1) is 0 Å². The number of ether oxygens (including phenoxy) is 1. The largest absolute Gasteiger partial charge is 0.497 e.